The van der Waals surface area contributed by atoms with Crippen LogP contribution in [-0.4, -0.2) is 12.6 Å². The van der Waals surface area contributed by atoms with Gasteiger partial charge in [0.2, 0.25) is 0 Å². The van der Waals surface area contributed by atoms with Crippen LogP contribution in [0.25, 0.3) is 0 Å². The Bertz CT molecular complexity index is 382. The second-order valence-corrected chi connectivity index (χ2v) is 7.10. The molecule has 0 aromatic heterocycles. The van der Waals surface area contributed by atoms with E-state index in [1.54, 1.807) is 0 Å². The SMILES string of the molecule is CC1CCC(NCC(C)(C)c2ccccc2)CC1C. The Morgan fingerprint density at radius 2 is 1.74 bits per heavy atom. The fourth-order valence-corrected chi connectivity index (χ4v) is 3.12. The molecule has 0 heterocycles. The van der Waals surface area contributed by atoms with Crippen molar-refractivity contribution in [3.63, 3.8) is 0 Å². The van der Waals surface area contributed by atoms with E-state index in [0.29, 0.717) is 6.04 Å². The average Bonchev–Trinajstić information content (AvgIpc) is 2.41. The van der Waals surface area contributed by atoms with E-state index in [-0.39, 0.29) is 5.41 Å². The zero-order valence-electron chi connectivity index (χ0n) is 12.9. The van der Waals surface area contributed by atoms with Crippen molar-refractivity contribution in [2.24, 2.45) is 11.8 Å². The Hall–Kier alpha value is -0.820. The first-order valence-electron chi connectivity index (χ1n) is 7.78. The first kappa shape index (κ1) is 14.6. The lowest BCUT2D eigenvalue weighted by molar-refractivity contribution is 0.219. The third-order valence-electron chi connectivity index (χ3n) is 4.99. The van der Waals surface area contributed by atoms with Crippen LogP contribution < -0.4 is 5.32 Å². The molecule has 1 N–H and O–H groups in total. The summed E-state index contributed by atoms with van der Waals surface area (Å²) in [6.07, 6.45) is 4.06. The summed E-state index contributed by atoms with van der Waals surface area (Å²) in [6, 6.07) is 11.6. The van der Waals surface area contributed by atoms with E-state index in [1.807, 2.05) is 0 Å². The van der Waals surface area contributed by atoms with E-state index in [1.165, 1.54) is 24.8 Å². The molecule has 1 nitrogen and oxygen atoms in total. The van der Waals surface area contributed by atoms with E-state index in [0.717, 1.165) is 18.4 Å². The van der Waals surface area contributed by atoms with E-state index < -0.39 is 0 Å². The molecule has 0 aliphatic heterocycles. The highest BCUT2D eigenvalue weighted by Crippen LogP contribution is 2.30. The van der Waals surface area contributed by atoms with Gasteiger partial charge in [-0.05, 0) is 36.7 Å². The van der Waals surface area contributed by atoms with Gasteiger partial charge in [0.1, 0.15) is 0 Å². The third kappa shape index (κ3) is 3.82. The maximum Gasteiger partial charge on any atom is 0.00701 e. The number of hydrogen-bond acceptors (Lipinski definition) is 1. The Labute approximate surface area is 118 Å². The van der Waals surface area contributed by atoms with Gasteiger partial charge in [-0.25, -0.2) is 0 Å². The molecule has 3 unspecified atom stereocenters. The number of hydrogen-bond donors (Lipinski definition) is 1. The quantitative estimate of drug-likeness (QED) is 0.846. The summed E-state index contributed by atoms with van der Waals surface area (Å²) < 4.78 is 0. The van der Waals surface area contributed by atoms with Crippen molar-refractivity contribution in [2.75, 3.05) is 6.54 Å². The van der Waals surface area contributed by atoms with Gasteiger partial charge in [0, 0.05) is 18.0 Å². The first-order valence-corrected chi connectivity index (χ1v) is 7.78. The van der Waals surface area contributed by atoms with Gasteiger partial charge >= 0.3 is 0 Å². The molecule has 0 amide bonds. The predicted octanol–water partition coefficient (Wildman–Crippen LogP) is 4.38. The minimum Gasteiger partial charge on any atom is -0.313 e. The van der Waals surface area contributed by atoms with Crippen LogP contribution in [0.15, 0.2) is 30.3 Å². The number of benzene rings is 1. The molecule has 19 heavy (non-hydrogen) atoms. The molecule has 1 aromatic carbocycles. The molecule has 2 rings (SSSR count). The van der Waals surface area contributed by atoms with Crippen LogP contribution in [-0.2, 0) is 5.41 Å². The Balaban J connectivity index is 1.88. The topological polar surface area (TPSA) is 12.0 Å². The number of nitrogens with one attached hydrogen (secondary N) is 1. The molecular weight excluding hydrogens is 230 g/mol. The van der Waals surface area contributed by atoms with Gasteiger partial charge in [-0.15, -0.1) is 0 Å². The Kier molecular flexibility index (Phi) is 4.67. The lowest BCUT2D eigenvalue weighted by Gasteiger charge is -2.35. The fourth-order valence-electron chi connectivity index (χ4n) is 3.12. The molecule has 1 aromatic rings. The van der Waals surface area contributed by atoms with Crippen LogP contribution >= 0.6 is 0 Å². The molecule has 1 fully saturated rings. The summed E-state index contributed by atoms with van der Waals surface area (Å²) in [7, 11) is 0. The molecule has 0 saturated heterocycles. The second kappa shape index (κ2) is 6.09. The summed E-state index contributed by atoms with van der Waals surface area (Å²) in [5.74, 6) is 1.77. The summed E-state index contributed by atoms with van der Waals surface area (Å²) in [5, 5.41) is 3.81. The highest BCUT2D eigenvalue weighted by Gasteiger charge is 2.26. The first-order chi connectivity index (χ1) is 8.99. The highest BCUT2D eigenvalue weighted by molar-refractivity contribution is 5.23. The maximum atomic E-state index is 3.81. The van der Waals surface area contributed by atoms with Crippen molar-refractivity contribution in [2.45, 2.75) is 58.4 Å². The molecule has 0 bridgehead atoms. The van der Waals surface area contributed by atoms with Gasteiger partial charge < -0.3 is 5.32 Å². The average molecular weight is 259 g/mol. The lowest BCUT2D eigenvalue weighted by Crippen LogP contribution is -2.42. The molecule has 1 aliphatic rings. The van der Waals surface area contributed by atoms with Crippen LogP contribution in [0.1, 0.15) is 52.5 Å². The van der Waals surface area contributed by atoms with E-state index in [4.69, 9.17) is 0 Å². The predicted molar refractivity (Wildman–Crippen MR) is 83.4 cm³/mol. The highest BCUT2D eigenvalue weighted by atomic mass is 14.9. The Morgan fingerprint density at radius 3 is 2.37 bits per heavy atom. The summed E-state index contributed by atoms with van der Waals surface area (Å²) in [6.45, 7) is 10.5. The number of rotatable bonds is 4. The second-order valence-electron chi connectivity index (χ2n) is 7.10. The summed E-state index contributed by atoms with van der Waals surface area (Å²) in [4.78, 5) is 0. The van der Waals surface area contributed by atoms with Crippen LogP contribution in [0.4, 0.5) is 0 Å². The molecule has 1 heteroatoms. The molecule has 0 spiro atoms. The van der Waals surface area contributed by atoms with Crippen molar-refractivity contribution in [1.29, 1.82) is 0 Å². The van der Waals surface area contributed by atoms with E-state index in [9.17, 15) is 0 Å². The van der Waals surface area contributed by atoms with Gasteiger partial charge in [0.05, 0.1) is 0 Å². The van der Waals surface area contributed by atoms with Crippen LogP contribution in [0, 0.1) is 11.8 Å². The van der Waals surface area contributed by atoms with Crippen LogP contribution in [0.5, 0.6) is 0 Å². The van der Waals surface area contributed by atoms with Crippen molar-refractivity contribution in [3.05, 3.63) is 35.9 Å². The van der Waals surface area contributed by atoms with Gasteiger partial charge in [-0.2, -0.15) is 0 Å². The minimum atomic E-state index is 0.216. The van der Waals surface area contributed by atoms with Crippen molar-refractivity contribution in [1.82, 2.24) is 5.32 Å². The van der Waals surface area contributed by atoms with E-state index >= 15 is 0 Å². The maximum absolute atomic E-state index is 3.81. The smallest absolute Gasteiger partial charge is 0.00701 e. The van der Waals surface area contributed by atoms with Gasteiger partial charge in [-0.1, -0.05) is 58.0 Å². The van der Waals surface area contributed by atoms with E-state index in [2.05, 4.69) is 63.3 Å². The molecule has 0 radical (unpaired) electrons. The zero-order valence-corrected chi connectivity index (χ0v) is 12.9. The van der Waals surface area contributed by atoms with Crippen molar-refractivity contribution < 1.29 is 0 Å². The zero-order chi connectivity index (χ0) is 13.9. The Morgan fingerprint density at radius 1 is 1.05 bits per heavy atom. The molecular formula is C18H29N. The summed E-state index contributed by atoms with van der Waals surface area (Å²) in [5.41, 5.74) is 1.65. The molecule has 1 saturated carbocycles. The molecule has 1 aliphatic carbocycles. The largest absolute Gasteiger partial charge is 0.313 e. The molecule has 3 atom stereocenters. The van der Waals surface area contributed by atoms with Crippen molar-refractivity contribution >= 4 is 0 Å². The molecule has 106 valence electrons. The third-order valence-corrected chi connectivity index (χ3v) is 4.99. The van der Waals surface area contributed by atoms with Crippen LogP contribution in [0.3, 0.4) is 0 Å². The van der Waals surface area contributed by atoms with Gasteiger partial charge in [-0.3, -0.25) is 0 Å². The lowest BCUT2D eigenvalue weighted by atomic mass is 9.78. The van der Waals surface area contributed by atoms with Gasteiger partial charge in [0.15, 0.2) is 0 Å². The van der Waals surface area contributed by atoms with Crippen molar-refractivity contribution in [3.8, 4) is 0 Å². The normalized spacial score (nSPS) is 28.3. The van der Waals surface area contributed by atoms with Gasteiger partial charge in [0.25, 0.3) is 0 Å². The standard InChI is InChI=1S/C18H29N/c1-14-10-11-17(12-15(14)2)19-13-18(3,4)16-8-6-5-7-9-16/h5-9,14-15,17,19H,10-13H2,1-4H3. The summed E-state index contributed by atoms with van der Waals surface area (Å²) >= 11 is 0. The van der Waals surface area contributed by atoms with Crippen LogP contribution in [0.2, 0.25) is 0 Å². The fraction of sp³-hybridized carbons (Fsp3) is 0.667. The minimum absolute atomic E-state index is 0.216. The monoisotopic (exact) mass is 259 g/mol.